The van der Waals surface area contributed by atoms with Crippen LogP contribution in [0.25, 0.3) is 0 Å². The smallest absolute Gasteiger partial charge is 0.124 e. The van der Waals surface area contributed by atoms with Gasteiger partial charge in [-0.1, -0.05) is 24.6 Å². The van der Waals surface area contributed by atoms with Gasteiger partial charge in [0.2, 0.25) is 0 Å². The van der Waals surface area contributed by atoms with Gasteiger partial charge in [0.15, 0.2) is 0 Å². The summed E-state index contributed by atoms with van der Waals surface area (Å²) in [4.78, 5) is 0. The van der Waals surface area contributed by atoms with Crippen LogP contribution in [0.15, 0.2) is 24.3 Å². The molecule has 0 radical (unpaired) electrons. The average molecular weight is 217 g/mol. The second-order valence-corrected chi connectivity index (χ2v) is 4.27. The number of nitrogens with zero attached hydrogens (tertiary/aromatic N) is 1. The number of hydrogen-bond donors (Lipinski definition) is 1. The summed E-state index contributed by atoms with van der Waals surface area (Å²) in [6.45, 7) is 0. The zero-order valence-corrected chi connectivity index (χ0v) is 9.31. The molecule has 1 aliphatic carbocycles. The molecule has 84 valence electrons. The minimum absolute atomic E-state index is 0.603. The standard InChI is InChI=1S/C13H15NO2/c1-16-11-6-3-2-5-10(11)12(15)13(9-14)7-4-8-13/h2-3,5-6,12,15H,4,7-8H2,1H3. The molecule has 2 rings (SSSR count). The second kappa shape index (κ2) is 4.15. The fourth-order valence-corrected chi connectivity index (χ4v) is 2.19. The van der Waals surface area contributed by atoms with Gasteiger partial charge in [0.1, 0.15) is 11.9 Å². The summed E-state index contributed by atoms with van der Waals surface area (Å²) in [5.74, 6) is 0.650. The predicted molar refractivity (Wildman–Crippen MR) is 59.9 cm³/mol. The Balaban J connectivity index is 2.34. The molecule has 3 heteroatoms. The van der Waals surface area contributed by atoms with Crippen molar-refractivity contribution in [1.82, 2.24) is 0 Å². The number of ether oxygens (including phenoxy) is 1. The summed E-state index contributed by atoms with van der Waals surface area (Å²) >= 11 is 0. The predicted octanol–water partition coefficient (Wildman–Crippen LogP) is 2.42. The summed E-state index contributed by atoms with van der Waals surface area (Å²) in [5, 5.41) is 19.5. The van der Waals surface area contributed by atoms with Crippen molar-refractivity contribution < 1.29 is 9.84 Å². The van der Waals surface area contributed by atoms with Gasteiger partial charge >= 0.3 is 0 Å². The Kier molecular flexibility index (Phi) is 2.84. The average Bonchev–Trinajstić information content (AvgIpc) is 2.28. The van der Waals surface area contributed by atoms with E-state index in [0.717, 1.165) is 19.3 Å². The van der Waals surface area contributed by atoms with E-state index in [1.54, 1.807) is 7.11 Å². The molecule has 1 aromatic rings. The quantitative estimate of drug-likeness (QED) is 0.845. The first-order valence-electron chi connectivity index (χ1n) is 5.46. The molecular weight excluding hydrogens is 202 g/mol. The lowest BCUT2D eigenvalue weighted by Gasteiger charge is -2.39. The summed E-state index contributed by atoms with van der Waals surface area (Å²) in [6, 6.07) is 9.60. The summed E-state index contributed by atoms with van der Waals surface area (Å²) in [7, 11) is 1.57. The topological polar surface area (TPSA) is 53.2 Å². The van der Waals surface area contributed by atoms with E-state index in [0.29, 0.717) is 11.3 Å². The van der Waals surface area contributed by atoms with Crippen LogP contribution in [-0.4, -0.2) is 12.2 Å². The molecule has 1 atom stereocenters. The Morgan fingerprint density at radius 3 is 2.62 bits per heavy atom. The third-order valence-corrected chi connectivity index (χ3v) is 3.43. The number of aliphatic hydroxyl groups excluding tert-OH is 1. The number of aliphatic hydroxyl groups is 1. The van der Waals surface area contributed by atoms with E-state index in [4.69, 9.17) is 4.74 Å². The Morgan fingerprint density at radius 1 is 1.44 bits per heavy atom. The first kappa shape index (κ1) is 11.0. The highest BCUT2D eigenvalue weighted by Gasteiger charge is 2.45. The Hall–Kier alpha value is -1.53. The zero-order chi connectivity index (χ0) is 11.6. The van der Waals surface area contributed by atoms with Gasteiger partial charge in [0, 0.05) is 5.56 Å². The van der Waals surface area contributed by atoms with E-state index in [1.807, 2.05) is 24.3 Å². The molecule has 0 heterocycles. The minimum atomic E-state index is -0.748. The van der Waals surface area contributed by atoms with Crippen LogP contribution in [0.4, 0.5) is 0 Å². The van der Waals surface area contributed by atoms with Gasteiger partial charge in [-0.2, -0.15) is 5.26 Å². The lowest BCUT2D eigenvalue weighted by Crippen LogP contribution is -2.34. The Labute approximate surface area is 95.3 Å². The van der Waals surface area contributed by atoms with Crippen LogP contribution in [0.3, 0.4) is 0 Å². The fraction of sp³-hybridized carbons (Fsp3) is 0.462. The van der Waals surface area contributed by atoms with Gasteiger partial charge in [-0.15, -0.1) is 0 Å². The lowest BCUT2D eigenvalue weighted by atomic mass is 9.64. The van der Waals surface area contributed by atoms with Crippen LogP contribution in [0.2, 0.25) is 0 Å². The van der Waals surface area contributed by atoms with E-state index in [1.165, 1.54) is 0 Å². The normalized spacial score (nSPS) is 19.3. The summed E-state index contributed by atoms with van der Waals surface area (Å²) in [6.07, 6.45) is 1.80. The van der Waals surface area contributed by atoms with Gasteiger partial charge in [-0.25, -0.2) is 0 Å². The maximum absolute atomic E-state index is 10.3. The number of nitriles is 1. The number of para-hydroxylation sites is 1. The zero-order valence-electron chi connectivity index (χ0n) is 9.31. The van der Waals surface area contributed by atoms with Crippen molar-refractivity contribution in [3.63, 3.8) is 0 Å². The maximum Gasteiger partial charge on any atom is 0.124 e. The van der Waals surface area contributed by atoms with Crippen molar-refractivity contribution in [1.29, 1.82) is 5.26 Å². The molecule has 1 aromatic carbocycles. The first-order chi connectivity index (χ1) is 7.73. The van der Waals surface area contributed by atoms with Crippen LogP contribution < -0.4 is 4.74 Å². The van der Waals surface area contributed by atoms with Crippen molar-refractivity contribution >= 4 is 0 Å². The van der Waals surface area contributed by atoms with Gasteiger partial charge < -0.3 is 9.84 Å². The molecule has 1 unspecified atom stereocenters. The Bertz CT molecular complexity index is 418. The molecule has 0 amide bonds. The number of hydrogen-bond acceptors (Lipinski definition) is 3. The van der Waals surface area contributed by atoms with Crippen LogP contribution in [0, 0.1) is 16.7 Å². The number of benzene rings is 1. The van der Waals surface area contributed by atoms with Crippen molar-refractivity contribution in [2.45, 2.75) is 25.4 Å². The van der Waals surface area contributed by atoms with Gasteiger partial charge in [0.25, 0.3) is 0 Å². The highest BCUT2D eigenvalue weighted by Crippen LogP contribution is 2.51. The number of rotatable bonds is 3. The molecule has 1 N–H and O–H groups in total. The van der Waals surface area contributed by atoms with Gasteiger partial charge in [-0.05, 0) is 18.9 Å². The lowest BCUT2D eigenvalue weighted by molar-refractivity contribution is 0.00648. The van der Waals surface area contributed by atoms with E-state index in [-0.39, 0.29) is 0 Å². The third kappa shape index (κ3) is 1.56. The highest BCUT2D eigenvalue weighted by molar-refractivity contribution is 5.37. The van der Waals surface area contributed by atoms with Crippen LogP contribution in [0.5, 0.6) is 5.75 Å². The van der Waals surface area contributed by atoms with Crippen molar-refractivity contribution in [2.24, 2.45) is 5.41 Å². The molecule has 1 fully saturated rings. The fourth-order valence-electron chi connectivity index (χ4n) is 2.19. The van der Waals surface area contributed by atoms with Crippen LogP contribution in [0.1, 0.15) is 30.9 Å². The summed E-state index contributed by atoms with van der Waals surface area (Å²) in [5.41, 5.74) is 0.112. The molecular formula is C13H15NO2. The molecule has 0 bridgehead atoms. The molecule has 0 aromatic heterocycles. The minimum Gasteiger partial charge on any atom is -0.496 e. The second-order valence-electron chi connectivity index (χ2n) is 4.27. The molecule has 0 saturated heterocycles. The molecule has 1 aliphatic rings. The number of methoxy groups -OCH3 is 1. The highest BCUT2D eigenvalue weighted by atomic mass is 16.5. The largest absolute Gasteiger partial charge is 0.496 e. The van der Waals surface area contributed by atoms with Crippen LogP contribution in [-0.2, 0) is 0 Å². The van der Waals surface area contributed by atoms with E-state index in [2.05, 4.69) is 6.07 Å². The maximum atomic E-state index is 10.3. The Morgan fingerprint density at radius 2 is 2.12 bits per heavy atom. The molecule has 16 heavy (non-hydrogen) atoms. The molecule has 3 nitrogen and oxygen atoms in total. The van der Waals surface area contributed by atoms with Crippen LogP contribution >= 0.6 is 0 Å². The van der Waals surface area contributed by atoms with Gasteiger partial charge in [-0.3, -0.25) is 0 Å². The van der Waals surface area contributed by atoms with Crippen molar-refractivity contribution in [2.75, 3.05) is 7.11 Å². The van der Waals surface area contributed by atoms with E-state index < -0.39 is 11.5 Å². The third-order valence-electron chi connectivity index (χ3n) is 3.43. The summed E-state index contributed by atoms with van der Waals surface area (Å²) < 4.78 is 5.21. The molecule has 0 aliphatic heterocycles. The van der Waals surface area contributed by atoms with E-state index >= 15 is 0 Å². The van der Waals surface area contributed by atoms with Gasteiger partial charge in [0.05, 0.1) is 18.6 Å². The molecule has 1 saturated carbocycles. The SMILES string of the molecule is COc1ccccc1C(O)C1(C#N)CCC1. The first-order valence-corrected chi connectivity index (χ1v) is 5.46. The monoisotopic (exact) mass is 217 g/mol. The van der Waals surface area contributed by atoms with Crippen molar-refractivity contribution in [3.05, 3.63) is 29.8 Å². The van der Waals surface area contributed by atoms with Crippen molar-refractivity contribution in [3.8, 4) is 11.8 Å². The molecule has 0 spiro atoms. The van der Waals surface area contributed by atoms with E-state index in [9.17, 15) is 10.4 Å².